The van der Waals surface area contributed by atoms with Gasteiger partial charge in [0.1, 0.15) is 0 Å². The number of nitrogens with zero attached hydrogens (tertiary/aromatic N) is 3. The van der Waals surface area contributed by atoms with Gasteiger partial charge in [-0.15, -0.1) is 0 Å². The first kappa shape index (κ1) is 26.1. The molecule has 4 aromatic rings. The van der Waals surface area contributed by atoms with E-state index < -0.39 is 9.84 Å². The summed E-state index contributed by atoms with van der Waals surface area (Å²) >= 11 is 0. The predicted octanol–water partition coefficient (Wildman–Crippen LogP) is 4.51. The summed E-state index contributed by atoms with van der Waals surface area (Å²) in [6, 6.07) is 22.7. The van der Waals surface area contributed by atoms with Gasteiger partial charge < -0.3 is 10.2 Å². The second kappa shape index (κ2) is 11.3. The van der Waals surface area contributed by atoms with Gasteiger partial charge in [0.15, 0.2) is 5.82 Å². The van der Waals surface area contributed by atoms with Crippen LogP contribution in [0, 0.1) is 0 Å². The third-order valence-electron chi connectivity index (χ3n) is 5.67. The van der Waals surface area contributed by atoms with E-state index in [1.54, 1.807) is 55.6 Å². The van der Waals surface area contributed by atoms with Gasteiger partial charge in [0, 0.05) is 19.0 Å². The maximum absolute atomic E-state index is 12.9. The summed E-state index contributed by atoms with van der Waals surface area (Å²) in [7, 11) is 2.00. The highest BCUT2D eigenvalue weighted by Crippen LogP contribution is 2.25. The molecule has 8 heteroatoms. The molecule has 1 heterocycles. The molecule has 0 aliphatic carbocycles. The van der Waals surface area contributed by atoms with Crippen LogP contribution in [0.2, 0.25) is 0 Å². The number of hydrogen-bond acceptors (Lipinski definition) is 6. The third-order valence-corrected chi connectivity index (χ3v) is 7.46. The number of anilines is 1. The van der Waals surface area contributed by atoms with Gasteiger partial charge in [0.25, 0.3) is 5.56 Å². The van der Waals surface area contributed by atoms with Crippen LogP contribution in [-0.2, 0) is 16.9 Å². The monoisotopic (exact) mass is 492 g/mol. The number of nitrogens with one attached hydrogen (secondary N) is 1. The zero-order valence-corrected chi connectivity index (χ0v) is 21.6. The van der Waals surface area contributed by atoms with Gasteiger partial charge in [0.05, 0.1) is 21.2 Å². The van der Waals surface area contributed by atoms with Crippen molar-refractivity contribution in [2.45, 2.75) is 29.7 Å². The van der Waals surface area contributed by atoms with Crippen LogP contribution in [0.4, 0.5) is 5.82 Å². The molecule has 1 unspecified atom stereocenters. The van der Waals surface area contributed by atoms with E-state index >= 15 is 0 Å². The van der Waals surface area contributed by atoms with Crippen LogP contribution in [0.3, 0.4) is 0 Å². The van der Waals surface area contributed by atoms with Gasteiger partial charge in [-0.05, 0) is 50.0 Å². The van der Waals surface area contributed by atoms with E-state index in [-0.39, 0.29) is 21.4 Å². The van der Waals surface area contributed by atoms with Crippen LogP contribution in [0.5, 0.6) is 0 Å². The first-order chi connectivity index (χ1) is 16.8. The Hall–Kier alpha value is -3.49. The number of benzene rings is 3. The molecule has 1 atom stereocenters. The average molecular weight is 493 g/mol. The van der Waals surface area contributed by atoms with Crippen molar-refractivity contribution in [2.75, 3.05) is 26.0 Å². The second-order valence-electron chi connectivity index (χ2n) is 8.07. The summed E-state index contributed by atoms with van der Waals surface area (Å²) in [5.74, 6) is 0.628. The molecule has 1 aromatic heterocycles. The average Bonchev–Trinajstić information content (AvgIpc) is 2.89. The van der Waals surface area contributed by atoms with Crippen molar-refractivity contribution in [3.05, 3.63) is 94.8 Å². The summed E-state index contributed by atoms with van der Waals surface area (Å²) < 4.78 is 27.1. The Bertz CT molecular complexity index is 1430. The molecule has 0 aliphatic rings. The normalized spacial score (nSPS) is 12.2. The van der Waals surface area contributed by atoms with Crippen LogP contribution in [0.25, 0.3) is 10.8 Å². The molecular weight excluding hydrogens is 460 g/mol. The van der Waals surface area contributed by atoms with E-state index in [9.17, 15) is 13.2 Å². The Morgan fingerprint density at radius 2 is 1.40 bits per heavy atom. The van der Waals surface area contributed by atoms with Crippen molar-refractivity contribution in [1.29, 1.82) is 0 Å². The van der Waals surface area contributed by atoms with Gasteiger partial charge in [0.2, 0.25) is 9.84 Å². The molecule has 0 radical (unpaired) electrons. The summed E-state index contributed by atoms with van der Waals surface area (Å²) in [5, 5.41) is 9.15. The summed E-state index contributed by atoms with van der Waals surface area (Å²) in [4.78, 5) is 15.0. The van der Waals surface area contributed by atoms with Crippen molar-refractivity contribution in [3.8, 4) is 0 Å². The Morgan fingerprint density at radius 3 is 2.00 bits per heavy atom. The van der Waals surface area contributed by atoms with Gasteiger partial charge >= 0.3 is 0 Å². The van der Waals surface area contributed by atoms with Crippen LogP contribution in [-0.4, -0.2) is 43.7 Å². The van der Waals surface area contributed by atoms with Gasteiger partial charge in [-0.2, -0.15) is 5.10 Å². The van der Waals surface area contributed by atoms with Crippen LogP contribution >= 0.6 is 0 Å². The molecule has 0 aliphatic heterocycles. The number of likely N-dealkylation sites (N-methyl/N-ethyl adjacent to an activating group) is 1. The first-order valence-electron chi connectivity index (χ1n) is 11.6. The van der Waals surface area contributed by atoms with Gasteiger partial charge in [-0.25, -0.2) is 13.1 Å². The molecule has 35 heavy (non-hydrogen) atoms. The minimum absolute atomic E-state index is 0.0451. The highest BCUT2D eigenvalue weighted by molar-refractivity contribution is 7.91. The topological polar surface area (TPSA) is 84.3 Å². The van der Waals surface area contributed by atoms with Gasteiger partial charge in [-0.1, -0.05) is 62.4 Å². The molecule has 4 rings (SSSR count). The Balaban J connectivity index is 0.00000167. The smallest absolute Gasteiger partial charge is 0.274 e. The quantitative estimate of drug-likeness (QED) is 0.409. The minimum Gasteiger partial charge on any atom is -0.366 e. The van der Waals surface area contributed by atoms with E-state index in [4.69, 9.17) is 0 Å². The van der Waals surface area contributed by atoms with Crippen LogP contribution in [0.15, 0.2) is 93.4 Å². The van der Waals surface area contributed by atoms with Crippen molar-refractivity contribution < 1.29 is 8.42 Å². The number of fused-ring (bicyclic) bond motifs is 1. The molecule has 0 saturated heterocycles. The molecule has 7 nitrogen and oxygen atoms in total. The van der Waals surface area contributed by atoms with E-state index in [2.05, 4.69) is 15.3 Å². The zero-order valence-electron chi connectivity index (χ0n) is 20.8. The molecule has 1 N–H and O–H groups in total. The number of sulfone groups is 1. The fraction of sp³-hybridized carbons (Fsp3) is 0.259. The largest absolute Gasteiger partial charge is 0.366 e. The van der Waals surface area contributed by atoms with E-state index in [1.165, 1.54) is 4.68 Å². The van der Waals surface area contributed by atoms with Crippen molar-refractivity contribution in [2.24, 2.45) is 7.05 Å². The molecule has 0 saturated carbocycles. The molecule has 0 bridgehead atoms. The Kier molecular flexibility index (Phi) is 8.43. The van der Waals surface area contributed by atoms with Crippen molar-refractivity contribution in [3.63, 3.8) is 0 Å². The Morgan fingerprint density at radius 1 is 0.857 bits per heavy atom. The van der Waals surface area contributed by atoms with E-state index in [0.717, 1.165) is 10.9 Å². The molecule has 0 spiro atoms. The Labute approximate surface area is 207 Å². The lowest BCUT2D eigenvalue weighted by atomic mass is 10.1. The molecule has 184 valence electrons. The summed E-state index contributed by atoms with van der Waals surface area (Å²) in [6.07, 6.45) is 0. The zero-order chi connectivity index (χ0) is 25.6. The highest BCUT2D eigenvalue weighted by Gasteiger charge is 2.20. The second-order valence-corrected chi connectivity index (χ2v) is 10.0. The van der Waals surface area contributed by atoms with Crippen molar-refractivity contribution in [1.82, 2.24) is 14.7 Å². The summed E-state index contributed by atoms with van der Waals surface area (Å²) in [6.45, 7) is 4.52. The minimum atomic E-state index is -3.56. The standard InChI is InChI=1S/C25H26N4O3S.C2H6/c1-28(2)23(17-26-24-21-11-7-8-12-22(21)25(30)29(3)27-24)18-13-15-20(16-14-18)33(31,32)19-9-5-4-6-10-19;1-2/h4-16,23H,17H2,1-3H3,(H,26,27);1-2H3. The number of rotatable bonds is 7. The molecule has 0 amide bonds. The van der Waals surface area contributed by atoms with Crippen molar-refractivity contribution >= 4 is 26.4 Å². The van der Waals surface area contributed by atoms with E-state index in [1.807, 2.05) is 58.3 Å². The third kappa shape index (κ3) is 5.61. The molecule has 0 fully saturated rings. The number of aromatic nitrogens is 2. The first-order valence-corrected chi connectivity index (χ1v) is 13.0. The number of aryl methyl sites for hydroxylation is 1. The molecule has 3 aromatic carbocycles. The van der Waals surface area contributed by atoms with Crippen LogP contribution in [0.1, 0.15) is 25.5 Å². The van der Waals surface area contributed by atoms with Crippen LogP contribution < -0.4 is 10.9 Å². The number of hydrogen-bond donors (Lipinski definition) is 1. The fourth-order valence-corrected chi connectivity index (χ4v) is 5.11. The maximum atomic E-state index is 12.9. The predicted molar refractivity (Wildman–Crippen MR) is 142 cm³/mol. The van der Waals surface area contributed by atoms with Gasteiger partial charge in [-0.3, -0.25) is 4.79 Å². The SMILES string of the molecule is CC.CN(C)C(CNc1nn(C)c(=O)c2ccccc12)c1ccc(S(=O)(=O)c2ccccc2)cc1. The lowest BCUT2D eigenvalue weighted by Gasteiger charge is -2.26. The highest BCUT2D eigenvalue weighted by atomic mass is 32.2. The fourth-order valence-electron chi connectivity index (χ4n) is 3.83. The lowest BCUT2D eigenvalue weighted by Crippen LogP contribution is -2.28. The lowest BCUT2D eigenvalue weighted by molar-refractivity contribution is 0.311. The summed E-state index contributed by atoms with van der Waals surface area (Å²) in [5.41, 5.74) is 0.823. The maximum Gasteiger partial charge on any atom is 0.274 e. The molecular formula is C27H32N4O3S. The van der Waals surface area contributed by atoms with E-state index in [0.29, 0.717) is 17.7 Å².